The number of nitrogens with one attached hydrogen (secondary N) is 1. The Morgan fingerprint density at radius 1 is 1.10 bits per heavy atom. The fourth-order valence-corrected chi connectivity index (χ4v) is 4.53. The van der Waals surface area contributed by atoms with Gasteiger partial charge in [0.2, 0.25) is 11.0 Å². The molecule has 5 nitrogen and oxygen atoms in total. The van der Waals surface area contributed by atoms with Crippen molar-refractivity contribution in [2.24, 2.45) is 5.92 Å². The Hall–Kier alpha value is -2.51. The summed E-state index contributed by atoms with van der Waals surface area (Å²) < 4.78 is 17.5. The first-order valence-corrected chi connectivity index (χ1v) is 11.5. The van der Waals surface area contributed by atoms with Crippen LogP contribution in [0.15, 0.2) is 48.5 Å². The van der Waals surface area contributed by atoms with Crippen LogP contribution in [0.1, 0.15) is 29.8 Å². The van der Waals surface area contributed by atoms with Gasteiger partial charge in [0.15, 0.2) is 0 Å². The standard InChI is InChI=1S/C23H24ClFN4OS/c24-19-5-1-16(2-6-19)13-21-27-23(31-28-21)29-11-9-18(10-12-29)15-26-22(30)14-17-3-7-20(25)8-4-17/h1-8,18H,9-15H2,(H,26,30). The molecule has 1 saturated heterocycles. The summed E-state index contributed by atoms with van der Waals surface area (Å²) in [5, 5.41) is 4.71. The smallest absolute Gasteiger partial charge is 0.224 e. The Kier molecular flexibility index (Phi) is 7.14. The second-order valence-electron chi connectivity index (χ2n) is 7.83. The Labute approximate surface area is 190 Å². The second-order valence-corrected chi connectivity index (χ2v) is 9.00. The van der Waals surface area contributed by atoms with Crippen LogP contribution in [0.2, 0.25) is 5.02 Å². The van der Waals surface area contributed by atoms with Crippen LogP contribution in [0.25, 0.3) is 0 Å². The molecule has 2 aromatic carbocycles. The van der Waals surface area contributed by atoms with Crippen molar-refractivity contribution in [1.82, 2.24) is 14.7 Å². The van der Waals surface area contributed by atoms with Crippen molar-refractivity contribution in [1.29, 1.82) is 0 Å². The summed E-state index contributed by atoms with van der Waals surface area (Å²) in [5.41, 5.74) is 1.96. The minimum atomic E-state index is -0.288. The average molecular weight is 459 g/mol. The van der Waals surface area contributed by atoms with E-state index in [0.717, 1.165) is 53.0 Å². The molecule has 0 radical (unpaired) electrons. The van der Waals surface area contributed by atoms with E-state index in [4.69, 9.17) is 16.6 Å². The Morgan fingerprint density at radius 2 is 1.77 bits per heavy atom. The van der Waals surface area contributed by atoms with Crippen molar-refractivity contribution in [3.63, 3.8) is 0 Å². The molecular formula is C23H24ClFN4OS. The molecule has 4 rings (SSSR count). The predicted octanol–water partition coefficient (Wildman–Crippen LogP) is 4.50. The first-order valence-electron chi connectivity index (χ1n) is 10.4. The minimum absolute atomic E-state index is 0.0231. The summed E-state index contributed by atoms with van der Waals surface area (Å²) in [6, 6.07) is 13.8. The number of carbonyl (C=O) groups is 1. The van der Waals surface area contributed by atoms with E-state index in [2.05, 4.69) is 14.6 Å². The first kappa shape index (κ1) is 21.7. The monoisotopic (exact) mass is 458 g/mol. The summed E-state index contributed by atoms with van der Waals surface area (Å²) >= 11 is 7.38. The summed E-state index contributed by atoms with van der Waals surface area (Å²) in [4.78, 5) is 19.1. The van der Waals surface area contributed by atoms with E-state index < -0.39 is 0 Å². The van der Waals surface area contributed by atoms with Gasteiger partial charge in [0.25, 0.3) is 0 Å². The lowest BCUT2D eigenvalue weighted by Gasteiger charge is -2.31. The average Bonchev–Trinajstić information content (AvgIpc) is 3.24. The predicted molar refractivity (Wildman–Crippen MR) is 122 cm³/mol. The third-order valence-corrected chi connectivity index (χ3v) is 6.55. The van der Waals surface area contributed by atoms with Gasteiger partial charge >= 0.3 is 0 Å². The molecule has 31 heavy (non-hydrogen) atoms. The molecule has 8 heteroatoms. The van der Waals surface area contributed by atoms with Gasteiger partial charge < -0.3 is 10.2 Å². The van der Waals surface area contributed by atoms with Crippen LogP contribution in [0.4, 0.5) is 9.52 Å². The molecule has 1 aliphatic heterocycles. The third-order valence-electron chi connectivity index (χ3n) is 5.48. The molecule has 1 amide bonds. The van der Waals surface area contributed by atoms with Gasteiger partial charge in [-0.15, -0.1) is 0 Å². The summed E-state index contributed by atoms with van der Waals surface area (Å²) in [5.74, 6) is 0.973. The molecular weight excluding hydrogens is 435 g/mol. The summed E-state index contributed by atoms with van der Waals surface area (Å²) in [6.45, 7) is 2.49. The summed E-state index contributed by atoms with van der Waals surface area (Å²) in [7, 11) is 0. The Balaban J connectivity index is 1.21. The third kappa shape index (κ3) is 6.24. The number of anilines is 1. The van der Waals surface area contributed by atoms with Crippen molar-refractivity contribution in [2.75, 3.05) is 24.5 Å². The second kappa shape index (κ2) is 10.2. The quantitative estimate of drug-likeness (QED) is 0.566. The van der Waals surface area contributed by atoms with E-state index in [1.807, 2.05) is 24.3 Å². The maximum absolute atomic E-state index is 13.0. The van der Waals surface area contributed by atoms with Gasteiger partial charge in [0.1, 0.15) is 11.6 Å². The van der Waals surface area contributed by atoms with Gasteiger partial charge in [0.05, 0.1) is 6.42 Å². The Morgan fingerprint density at radius 3 is 2.48 bits per heavy atom. The number of carbonyl (C=O) groups excluding carboxylic acids is 1. The molecule has 0 aliphatic carbocycles. The molecule has 3 aromatic rings. The molecule has 0 saturated carbocycles. The molecule has 1 aliphatic rings. The van der Waals surface area contributed by atoms with Crippen LogP contribution in [0.3, 0.4) is 0 Å². The van der Waals surface area contributed by atoms with Crippen LogP contribution in [0, 0.1) is 11.7 Å². The van der Waals surface area contributed by atoms with E-state index >= 15 is 0 Å². The van der Waals surface area contributed by atoms with E-state index in [1.165, 1.54) is 23.7 Å². The number of nitrogens with zero attached hydrogens (tertiary/aromatic N) is 3. The van der Waals surface area contributed by atoms with Gasteiger partial charge in [-0.1, -0.05) is 35.9 Å². The zero-order chi connectivity index (χ0) is 21.6. The van der Waals surface area contributed by atoms with Crippen molar-refractivity contribution in [3.05, 3.63) is 76.3 Å². The molecule has 2 heterocycles. The number of hydrogen-bond acceptors (Lipinski definition) is 5. The minimum Gasteiger partial charge on any atom is -0.356 e. The molecule has 1 aromatic heterocycles. The van der Waals surface area contributed by atoms with Gasteiger partial charge in [-0.3, -0.25) is 4.79 Å². The SMILES string of the molecule is O=C(Cc1ccc(F)cc1)NCC1CCN(c2nc(Cc3ccc(Cl)cc3)ns2)CC1. The number of piperidine rings is 1. The van der Waals surface area contributed by atoms with Crippen molar-refractivity contribution in [3.8, 4) is 0 Å². The zero-order valence-corrected chi connectivity index (χ0v) is 18.6. The van der Waals surface area contributed by atoms with E-state index in [0.29, 0.717) is 18.9 Å². The lowest BCUT2D eigenvalue weighted by Crippen LogP contribution is -2.39. The van der Waals surface area contributed by atoms with E-state index in [9.17, 15) is 9.18 Å². The largest absolute Gasteiger partial charge is 0.356 e. The van der Waals surface area contributed by atoms with Crippen LogP contribution >= 0.6 is 23.1 Å². The molecule has 1 N–H and O–H groups in total. The van der Waals surface area contributed by atoms with Crippen molar-refractivity contribution in [2.45, 2.75) is 25.7 Å². The van der Waals surface area contributed by atoms with Crippen LogP contribution in [-0.2, 0) is 17.6 Å². The molecule has 162 valence electrons. The highest BCUT2D eigenvalue weighted by atomic mass is 35.5. The van der Waals surface area contributed by atoms with Gasteiger partial charge in [-0.25, -0.2) is 9.37 Å². The first-order chi connectivity index (χ1) is 15.0. The number of amides is 1. The normalized spacial score (nSPS) is 14.6. The summed E-state index contributed by atoms with van der Waals surface area (Å²) in [6.07, 6.45) is 2.98. The maximum Gasteiger partial charge on any atom is 0.224 e. The Bertz CT molecular complexity index is 1000. The van der Waals surface area contributed by atoms with Gasteiger partial charge in [0, 0.05) is 42.6 Å². The highest BCUT2D eigenvalue weighted by Gasteiger charge is 2.22. The zero-order valence-electron chi connectivity index (χ0n) is 17.1. The van der Waals surface area contributed by atoms with Crippen LogP contribution in [-0.4, -0.2) is 34.9 Å². The highest BCUT2D eigenvalue weighted by Crippen LogP contribution is 2.25. The van der Waals surface area contributed by atoms with E-state index in [-0.39, 0.29) is 18.1 Å². The number of hydrogen-bond donors (Lipinski definition) is 1. The number of aromatic nitrogens is 2. The van der Waals surface area contributed by atoms with Gasteiger partial charge in [-0.05, 0) is 54.2 Å². The fraction of sp³-hybridized carbons (Fsp3) is 0.348. The highest BCUT2D eigenvalue weighted by molar-refractivity contribution is 7.09. The molecule has 0 atom stereocenters. The van der Waals surface area contributed by atoms with Crippen LogP contribution < -0.4 is 10.2 Å². The number of benzene rings is 2. The fourth-order valence-electron chi connectivity index (χ4n) is 3.67. The van der Waals surface area contributed by atoms with Crippen LogP contribution in [0.5, 0.6) is 0 Å². The molecule has 0 unspecified atom stereocenters. The van der Waals surface area contributed by atoms with E-state index in [1.54, 1.807) is 12.1 Å². The lowest BCUT2D eigenvalue weighted by molar-refractivity contribution is -0.120. The topological polar surface area (TPSA) is 58.1 Å². The number of rotatable bonds is 7. The van der Waals surface area contributed by atoms with Gasteiger partial charge in [-0.2, -0.15) is 4.37 Å². The molecule has 0 bridgehead atoms. The van der Waals surface area contributed by atoms with Crippen molar-refractivity contribution >= 4 is 34.2 Å². The maximum atomic E-state index is 13.0. The molecule has 1 fully saturated rings. The van der Waals surface area contributed by atoms with Crippen molar-refractivity contribution < 1.29 is 9.18 Å². The number of halogens is 2. The lowest BCUT2D eigenvalue weighted by atomic mass is 9.97. The molecule has 0 spiro atoms.